The monoisotopic (exact) mass is 333 g/mol. The average molecular weight is 333 g/mol. The van der Waals surface area contributed by atoms with Crippen molar-refractivity contribution in [3.05, 3.63) is 51.7 Å². The molecule has 1 N–H and O–H groups in total. The standard InChI is InChI=1S/C17H19NO4S/c1-12-8-13(2)10-14(9-12)21-5-6-22-16(19)11-18-17(20)15-4-3-7-23-15/h3-4,7-10H,5-6,11H2,1-2H3,(H,18,20). The number of esters is 1. The summed E-state index contributed by atoms with van der Waals surface area (Å²) in [5.41, 5.74) is 2.24. The van der Waals surface area contributed by atoms with E-state index in [1.807, 2.05) is 26.0 Å². The zero-order valence-electron chi connectivity index (χ0n) is 13.1. The van der Waals surface area contributed by atoms with E-state index in [1.165, 1.54) is 11.3 Å². The van der Waals surface area contributed by atoms with Gasteiger partial charge in [-0.05, 0) is 48.6 Å². The fourth-order valence-corrected chi connectivity index (χ4v) is 2.67. The maximum Gasteiger partial charge on any atom is 0.325 e. The van der Waals surface area contributed by atoms with Crippen molar-refractivity contribution in [1.29, 1.82) is 0 Å². The number of nitrogens with one attached hydrogen (secondary N) is 1. The van der Waals surface area contributed by atoms with Gasteiger partial charge in [0.25, 0.3) is 5.91 Å². The van der Waals surface area contributed by atoms with Crippen LogP contribution in [0.4, 0.5) is 0 Å². The summed E-state index contributed by atoms with van der Waals surface area (Å²) in [6.07, 6.45) is 0. The molecule has 0 radical (unpaired) electrons. The first-order valence-corrected chi connectivity index (χ1v) is 8.11. The number of carbonyl (C=O) groups is 2. The van der Waals surface area contributed by atoms with Crippen LogP contribution in [0, 0.1) is 13.8 Å². The molecule has 2 aromatic rings. The molecule has 0 saturated carbocycles. The summed E-state index contributed by atoms with van der Waals surface area (Å²) in [5.74, 6) is -0.00749. The van der Waals surface area contributed by atoms with E-state index >= 15 is 0 Å². The molecule has 6 heteroatoms. The Hall–Kier alpha value is -2.34. The first kappa shape index (κ1) is 17.0. The second-order valence-electron chi connectivity index (χ2n) is 5.05. The highest BCUT2D eigenvalue weighted by Crippen LogP contribution is 2.15. The molecule has 1 heterocycles. The molecule has 0 spiro atoms. The zero-order valence-corrected chi connectivity index (χ0v) is 13.9. The minimum absolute atomic E-state index is 0.140. The average Bonchev–Trinajstić information content (AvgIpc) is 3.02. The van der Waals surface area contributed by atoms with Crippen LogP contribution < -0.4 is 10.1 Å². The highest BCUT2D eigenvalue weighted by Gasteiger charge is 2.09. The molecule has 23 heavy (non-hydrogen) atoms. The van der Waals surface area contributed by atoms with Crippen molar-refractivity contribution in [2.75, 3.05) is 19.8 Å². The number of rotatable bonds is 7. The number of ether oxygens (including phenoxy) is 2. The van der Waals surface area contributed by atoms with Crippen molar-refractivity contribution >= 4 is 23.2 Å². The van der Waals surface area contributed by atoms with Crippen LogP contribution in [0.25, 0.3) is 0 Å². The molecule has 0 saturated heterocycles. The van der Waals surface area contributed by atoms with Gasteiger partial charge in [0.15, 0.2) is 0 Å². The van der Waals surface area contributed by atoms with Crippen molar-refractivity contribution in [1.82, 2.24) is 5.32 Å². The fraction of sp³-hybridized carbons (Fsp3) is 0.294. The van der Waals surface area contributed by atoms with E-state index in [4.69, 9.17) is 9.47 Å². The van der Waals surface area contributed by atoms with Gasteiger partial charge >= 0.3 is 5.97 Å². The Morgan fingerprint density at radius 1 is 1.13 bits per heavy atom. The lowest BCUT2D eigenvalue weighted by molar-refractivity contribution is -0.143. The van der Waals surface area contributed by atoms with Crippen LogP contribution in [0.3, 0.4) is 0 Å². The number of hydrogen-bond acceptors (Lipinski definition) is 5. The van der Waals surface area contributed by atoms with E-state index in [-0.39, 0.29) is 25.7 Å². The second-order valence-corrected chi connectivity index (χ2v) is 6.00. The molecule has 2 rings (SSSR count). The fourth-order valence-electron chi connectivity index (χ4n) is 2.03. The van der Waals surface area contributed by atoms with E-state index in [0.29, 0.717) is 4.88 Å². The predicted octanol–water partition coefficient (Wildman–Crippen LogP) is 2.72. The van der Waals surface area contributed by atoms with Gasteiger partial charge in [-0.3, -0.25) is 9.59 Å². The van der Waals surface area contributed by atoms with Crippen molar-refractivity contribution in [3.63, 3.8) is 0 Å². The maximum atomic E-state index is 11.7. The number of hydrogen-bond donors (Lipinski definition) is 1. The quantitative estimate of drug-likeness (QED) is 0.625. The third kappa shape index (κ3) is 5.75. The Kier molecular flexibility index (Phi) is 6.17. The number of benzene rings is 1. The summed E-state index contributed by atoms with van der Waals surface area (Å²) in [4.78, 5) is 23.8. The summed E-state index contributed by atoms with van der Waals surface area (Å²) in [7, 11) is 0. The molecule has 0 atom stereocenters. The molecule has 0 bridgehead atoms. The lowest BCUT2D eigenvalue weighted by Gasteiger charge is -2.09. The van der Waals surface area contributed by atoms with Gasteiger partial charge in [0.2, 0.25) is 0 Å². The number of aryl methyl sites for hydroxylation is 2. The molecule has 0 aliphatic heterocycles. The van der Waals surface area contributed by atoms with Gasteiger partial charge in [0.1, 0.15) is 25.5 Å². The van der Waals surface area contributed by atoms with E-state index in [9.17, 15) is 9.59 Å². The Labute approximate surface area is 139 Å². The molecule has 1 aromatic heterocycles. The molecule has 5 nitrogen and oxygen atoms in total. The van der Waals surface area contributed by atoms with Gasteiger partial charge in [-0.2, -0.15) is 0 Å². The number of thiophene rings is 1. The zero-order chi connectivity index (χ0) is 16.7. The summed E-state index contributed by atoms with van der Waals surface area (Å²) >= 11 is 1.32. The Bertz CT molecular complexity index is 647. The molecule has 1 aromatic carbocycles. The van der Waals surface area contributed by atoms with Crippen LogP contribution in [0.5, 0.6) is 5.75 Å². The lowest BCUT2D eigenvalue weighted by Crippen LogP contribution is -2.30. The Morgan fingerprint density at radius 2 is 1.87 bits per heavy atom. The van der Waals surface area contributed by atoms with Crippen LogP contribution in [0.1, 0.15) is 20.8 Å². The molecule has 0 aliphatic rings. The predicted molar refractivity (Wildman–Crippen MR) is 89.0 cm³/mol. The number of amides is 1. The molecule has 1 amide bonds. The third-order valence-corrected chi connectivity index (χ3v) is 3.82. The third-order valence-electron chi connectivity index (χ3n) is 2.95. The Morgan fingerprint density at radius 3 is 2.52 bits per heavy atom. The Balaban J connectivity index is 1.64. The van der Waals surface area contributed by atoms with E-state index in [0.717, 1.165) is 16.9 Å². The first-order valence-electron chi connectivity index (χ1n) is 7.23. The molecule has 0 aliphatic carbocycles. The summed E-state index contributed by atoms with van der Waals surface area (Å²) in [6, 6.07) is 9.39. The van der Waals surface area contributed by atoms with Gasteiger partial charge in [0.05, 0.1) is 4.88 Å². The smallest absolute Gasteiger partial charge is 0.325 e. The molecule has 0 unspecified atom stereocenters. The highest BCUT2D eigenvalue weighted by molar-refractivity contribution is 7.12. The van der Waals surface area contributed by atoms with Crippen LogP contribution in [-0.4, -0.2) is 31.6 Å². The minimum Gasteiger partial charge on any atom is -0.490 e. The van der Waals surface area contributed by atoms with Crippen molar-refractivity contribution in [2.24, 2.45) is 0 Å². The van der Waals surface area contributed by atoms with Gasteiger partial charge in [0, 0.05) is 0 Å². The van der Waals surface area contributed by atoms with Crippen molar-refractivity contribution in [2.45, 2.75) is 13.8 Å². The number of carbonyl (C=O) groups excluding carboxylic acids is 2. The first-order chi connectivity index (χ1) is 11.0. The van der Waals surface area contributed by atoms with Crippen LogP contribution >= 0.6 is 11.3 Å². The second kappa shape index (κ2) is 8.33. The molecule has 0 fully saturated rings. The molecular weight excluding hydrogens is 314 g/mol. The van der Waals surface area contributed by atoms with Crippen molar-refractivity contribution < 1.29 is 19.1 Å². The van der Waals surface area contributed by atoms with Crippen LogP contribution in [0.2, 0.25) is 0 Å². The van der Waals surface area contributed by atoms with E-state index in [2.05, 4.69) is 11.4 Å². The van der Waals surface area contributed by atoms with Gasteiger partial charge in [-0.25, -0.2) is 0 Å². The van der Waals surface area contributed by atoms with Crippen LogP contribution in [-0.2, 0) is 9.53 Å². The van der Waals surface area contributed by atoms with Gasteiger partial charge in [-0.15, -0.1) is 11.3 Å². The lowest BCUT2D eigenvalue weighted by atomic mass is 10.1. The highest BCUT2D eigenvalue weighted by atomic mass is 32.1. The van der Waals surface area contributed by atoms with Crippen LogP contribution in [0.15, 0.2) is 35.7 Å². The molecule has 122 valence electrons. The van der Waals surface area contributed by atoms with Gasteiger partial charge in [-0.1, -0.05) is 12.1 Å². The van der Waals surface area contributed by atoms with E-state index in [1.54, 1.807) is 17.5 Å². The normalized spacial score (nSPS) is 10.2. The van der Waals surface area contributed by atoms with Crippen molar-refractivity contribution in [3.8, 4) is 5.75 Å². The summed E-state index contributed by atoms with van der Waals surface area (Å²) in [6.45, 7) is 4.25. The summed E-state index contributed by atoms with van der Waals surface area (Å²) in [5, 5.41) is 4.32. The van der Waals surface area contributed by atoms with E-state index < -0.39 is 5.97 Å². The topological polar surface area (TPSA) is 64.6 Å². The largest absolute Gasteiger partial charge is 0.490 e. The van der Waals surface area contributed by atoms with Gasteiger partial charge < -0.3 is 14.8 Å². The minimum atomic E-state index is -0.487. The maximum absolute atomic E-state index is 11.7. The molecular formula is C17H19NO4S. The summed E-state index contributed by atoms with van der Waals surface area (Å²) < 4.78 is 10.6. The SMILES string of the molecule is Cc1cc(C)cc(OCCOC(=O)CNC(=O)c2cccs2)c1.